The van der Waals surface area contributed by atoms with Crippen molar-refractivity contribution in [3.05, 3.63) is 70.5 Å². The molecule has 3 rings (SSSR count). The topological polar surface area (TPSA) is 94.1 Å². The fraction of sp³-hybridized carbons (Fsp3) is 0.263. The van der Waals surface area contributed by atoms with Gasteiger partial charge in [-0.1, -0.05) is 47.7 Å². The maximum absolute atomic E-state index is 12.7. The van der Waals surface area contributed by atoms with Crippen LogP contribution in [0.3, 0.4) is 0 Å². The molecule has 0 atom stereocenters. The summed E-state index contributed by atoms with van der Waals surface area (Å²) in [6, 6.07) is 16.9. The lowest BCUT2D eigenvalue weighted by atomic mass is 10.1. The van der Waals surface area contributed by atoms with Crippen molar-refractivity contribution in [1.29, 1.82) is 0 Å². The summed E-state index contributed by atoms with van der Waals surface area (Å²) in [6.45, 7) is 1.18. The zero-order valence-electron chi connectivity index (χ0n) is 14.4. The van der Waals surface area contributed by atoms with Crippen LogP contribution in [0.15, 0.2) is 59.4 Å². The van der Waals surface area contributed by atoms with Crippen molar-refractivity contribution in [2.24, 2.45) is 5.73 Å². The number of nitrogens with zero attached hydrogens (tertiary/aromatic N) is 4. The molecule has 26 heavy (non-hydrogen) atoms. The van der Waals surface area contributed by atoms with Crippen LogP contribution in [0.25, 0.3) is 10.9 Å². The molecule has 0 aliphatic heterocycles. The van der Waals surface area contributed by atoms with Gasteiger partial charge in [0.1, 0.15) is 12.1 Å². The fourth-order valence-electron chi connectivity index (χ4n) is 2.78. The van der Waals surface area contributed by atoms with Crippen molar-refractivity contribution in [2.45, 2.75) is 13.0 Å². The first-order valence-electron chi connectivity index (χ1n) is 8.53. The van der Waals surface area contributed by atoms with Gasteiger partial charge in [-0.15, -0.1) is 5.10 Å². The average molecular weight is 351 g/mol. The van der Waals surface area contributed by atoms with Crippen LogP contribution in [0.5, 0.6) is 0 Å². The van der Waals surface area contributed by atoms with Gasteiger partial charge in [0.15, 0.2) is 0 Å². The Kier molecular flexibility index (Phi) is 5.70. The molecule has 0 fully saturated rings. The Bertz CT molecular complexity index is 939. The van der Waals surface area contributed by atoms with Crippen molar-refractivity contribution in [3.8, 4) is 0 Å². The lowest BCUT2D eigenvalue weighted by Gasteiger charge is -2.22. The number of hydrogen-bond donors (Lipinski definition) is 1. The molecule has 0 bridgehead atoms. The molecule has 2 aromatic carbocycles. The van der Waals surface area contributed by atoms with E-state index in [-0.39, 0.29) is 18.0 Å². The van der Waals surface area contributed by atoms with Crippen LogP contribution in [-0.4, -0.2) is 45.4 Å². The highest BCUT2D eigenvalue weighted by molar-refractivity contribution is 5.78. The van der Waals surface area contributed by atoms with Crippen molar-refractivity contribution < 1.29 is 4.79 Å². The highest BCUT2D eigenvalue weighted by atomic mass is 16.2. The molecule has 0 saturated carbocycles. The van der Waals surface area contributed by atoms with Crippen molar-refractivity contribution >= 4 is 16.8 Å². The molecule has 0 aliphatic rings. The van der Waals surface area contributed by atoms with E-state index in [0.717, 1.165) is 16.7 Å². The Morgan fingerprint density at radius 1 is 1.04 bits per heavy atom. The van der Waals surface area contributed by atoms with E-state index in [2.05, 4.69) is 10.3 Å². The molecule has 0 radical (unpaired) electrons. The van der Waals surface area contributed by atoms with Crippen LogP contribution >= 0.6 is 0 Å². The number of carbonyl (C=O) groups is 1. The molecule has 134 valence electrons. The van der Waals surface area contributed by atoms with Crippen molar-refractivity contribution in [3.63, 3.8) is 0 Å². The first kappa shape index (κ1) is 17.8. The summed E-state index contributed by atoms with van der Waals surface area (Å²) in [4.78, 5) is 26.8. The van der Waals surface area contributed by atoms with Gasteiger partial charge >= 0.3 is 0 Å². The third-order valence-electron chi connectivity index (χ3n) is 4.18. The lowest BCUT2D eigenvalue weighted by Crippen LogP contribution is -2.41. The third kappa shape index (κ3) is 4.12. The summed E-state index contributed by atoms with van der Waals surface area (Å²) in [5.41, 5.74) is 6.98. The zero-order chi connectivity index (χ0) is 18.4. The minimum absolute atomic E-state index is 0.147. The molecule has 1 heterocycles. The van der Waals surface area contributed by atoms with Gasteiger partial charge in [-0.2, -0.15) is 0 Å². The number of fused-ring (bicyclic) bond motifs is 1. The van der Waals surface area contributed by atoms with Gasteiger partial charge in [-0.05, 0) is 24.1 Å². The maximum atomic E-state index is 12.7. The molecule has 0 spiro atoms. The number of nitrogens with two attached hydrogens (primary N) is 1. The molecule has 0 aliphatic carbocycles. The SMILES string of the molecule is NCCN(CCc1ccccc1)C(=O)Cn1nnc2ccccc2c1=O. The molecule has 3 aromatic rings. The van der Waals surface area contributed by atoms with E-state index in [1.807, 2.05) is 30.3 Å². The minimum Gasteiger partial charge on any atom is -0.339 e. The summed E-state index contributed by atoms with van der Waals surface area (Å²) >= 11 is 0. The molecule has 0 unspecified atom stereocenters. The van der Waals surface area contributed by atoms with Gasteiger partial charge in [0, 0.05) is 19.6 Å². The Labute approximate surface area is 151 Å². The predicted molar refractivity (Wildman–Crippen MR) is 99.6 cm³/mol. The summed E-state index contributed by atoms with van der Waals surface area (Å²) in [5, 5.41) is 8.34. The third-order valence-corrected chi connectivity index (χ3v) is 4.18. The van der Waals surface area contributed by atoms with Crippen LogP contribution < -0.4 is 11.3 Å². The van der Waals surface area contributed by atoms with Crippen molar-refractivity contribution in [1.82, 2.24) is 19.9 Å². The van der Waals surface area contributed by atoms with E-state index >= 15 is 0 Å². The Morgan fingerprint density at radius 3 is 2.54 bits per heavy atom. The molecular weight excluding hydrogens is 330 g/mol. The largest absolute Gasteiger partial charge is 0.339 e. The van der Waals surface area contributed by atoms with Gasteiger partial charge in [-0.25, -0.2) is 4.68 Å². The van der Waals surface area contributed by atoms with E-state index in [9.17, 15) is 9.59 Å². The Morgan fingerprint density at radius 2 is 1.77 bits per heavy atom. The zero-order valence-corrected chi connectivity index (χ0v) is 14.4. The first-order valence-corrected chi connectivity index (χ1v) is 8.53. The van der Waals surface area contributed by atoms with E-state index in [1.54, 1.807) is 29.2 Å². The number of hydrogen-bond acceptors (Lipinski definition) is 5. The van der Waals surface area contributed by atoms with Crippen LogP contribution in [-0.2, 0) is 17.8 Å². The second-order valence-electron chi connectivity index (χ2n) is 5.97. The maximum Gasteiger partial charge on any atom is 0.278 e. The summed E-state index contributed by atoms with van der Waals surface area (Å²) < 4.78 is 1.11. The van der Waals surface area contributed by atoms with E-state index in [0.29, 0.717) is 30.5 Å². The molecule has 7 heteroatoms. The standard InChI is InChI=1S/C19H21N5O2/c20-11-13-23(12-10-15-6-2-1-3-7-15)18(25)14-24-19(26)16-8-4-5-9-17(16)21-22-24/h1-9H,10-14,20H2. The smallest absolute Gasteiger partial charge is 0.278 e. The fourth-order valence-corrected chi connectivity index (χ4v) is 2.78. The quantitative estimate of drug-likeness (QED) is 0.680. The molecule has 0 saturated heterocycles. The van der Waals surface area contributed by atoms with Crippen LogP contribution in [0.1, 0.15) is 5.56 Å². The Balaban J connectivity index is 1.73. The average Bonchev–Trinajstić information content (AvgIpc) is 2.68. The molecule has 7 nitrogen and oxygen atoms in total. The van der Waals surface area contributed by atoms with Crippen molar-refractivity contribution in [2.75, 3.05) is 19.6 Å². The van der Waals surface area contributed by atoms with Crippen LogP contribution in [0, 0.1) is 0 Å². The van der Waals surface area contributed by atoms with E-state index < -0.39 is 0 Å². The number of amides is 1. The van der Waals surface area contributed by atoms with Gasteiger partial charge in [-0.3, -0.25) is 9.59 Å². The number of carbonyl (C=O) groups excluding carboxylic acids is 1. The number of aromatic nitrogens is 3. The van der Waals surface area contributed by atoms with Gasteiger partial charge in [0.25, 0.3) is 5.56 Å². The lowest BCUT2D eigenvalue weighted by molar-refractivity contribution is -0.132. The van der Waals surface area contributed by atoms with E-state index in [4.69, 9.17) is 5.73 Å². The van der Waals surface area contributed by atoms with Crippen LogP contribution in [0.2, 0.25) is 0 Å². The monoisotopic (exact) mass is 351 g/mol. The highest BCUT2D eigenvalue weighted by Crippen LogP contribution is 2.05. The van der Waals surface area contributed by atoms with Gasteiger partial charge in [0.05, 0.1) is 5.39 Å². The second-order valence-corrected chi connectivity index (χ2v) is 5.97. The summed E-state index contributed by atoms with van der Waals surface area (Å²) in [7, 11) is 0. The minimum atomic E-state index is -0.320. The molecule has 1 amide bonds. The van der Waals surface area contributed by atoms with Crippen LogP contribution in [0.4, 0.5) is 0 Å². The Hall–Kier alpha value is -3.06. The normalized spacial score (nSPS) is 10.8. The molecule has 1 aromatic heterocycles. The number of benzene rings is 2. The molecular formula is C19H21N5O2. The van der Waals surface area contributed by atoms with E-state index in [1.165, 1.54) is 0 Å². The number of rotatable bonds is 7. The first-order chi connectivity index (χ1) is 12.7. The predicted octanol–water partition coefficient (Wildman–Crippen LogP) is 0.821. The second kappa shape index (κ2) is 8.35. The summed E-state index contributed by atoms with van der Waals surface area (Å²) in [6.07, 6.45) is 0.727. The highest BCUT2D eigenvalue weighted by Gasteiger charge is 2.16. The van der Waals surface area contributed by atoms with Gasteiger partial charge < -0.3 is 10.6 Å². The molecule has 2 N–H and O–H groups in total. The van der Waals surface area contributed by atoms with Gasteiger partial charge in [0.2, 0.25) is 5.91 Å². The summed E-state index contributed by atoms with van der Waals surface area (Å²) in [5.74, 6) is -0.196.